The summed E-state index contributed by atoms with van der Waals surface area (Å²) in [5.74, 6) is 0.0171. The molecule has 0 bridgehead atoms. The number of hydrazine groups is 1. The lowest BCUT2D eigenvalue weighted by Crippen LogP contribution is -2.49. The first kappa shape index (κ1) is 22.7. The molecule has 0 atom stereocenters. The molecule has 2 aromatic carbocycles. The molecule has 10 heteroatoms. The van der Waals surface area contributed by atoms with E-state index >= 15 is 0 Å². The number of hydrogen-bond acceptors (Lipinski definition) is 5. The summed E-state index contributed by atoms with van der Waals surface area (Å²) in [5, 5.41) is 2.70. The Labute approximate surface area is 186 Å². The molecule has 2 amide bonds. The Kier molecular flexibility index (Phi) is 8.91. The molecular formula is C19H17BrClN3O4S. The summed E-state index contributed by atoms with van der Waals surface area (Å²) >= 11 is 14.2. The third-order valence-electron chi connectivity index (χ3n) is 3.36. The minimum atomic E-state index is -0.509. The van der Waals surface area contributed by atoms with Crippen molar-refractivity contribution >= 4 is 62.8 Å². The van der Waals surface area contributed by atoms with Gasteiger partial charge < -0.3 is 9.47 Å². The van der Waals surface area contributed by atoms with Crippen LogP contribution in [0.1, 0.15) is 5.56 Å². The maximum absolute atomic E-state index is 11.9. The molecule has 0 aliphatic rings. The van der Waals surface area contributed by atoms with Gasteiger partial charge >= 0.3 is 0 Å². The van der Waals surface area contributed by atoms with Crippen molar-refractivity contribution in [2.75, 3.05) is 13.7 Å². The van der Waals surface area contributed by atoms with Crippen LogP contribution in [0.5, 0.6) is 11.5 Å². The van der Waals surface area contributed by atoms with Gasteiger partial charge in [-0.3, -0.25) is 25.8 Å². The number of carbonyl (C=O) groups is 2. The molecule has 29 heavy (non-hydrogen) atoms. The van der Waals surface area contributed by atoms with Gasteiger partial charge in [0, 0.05) is 16.1 Å². The molecule has 7 nitrogen and oxygen atoms in total. The second kappa shape index (κ2) is 11.4. The van der Waals surface area contributed by atoms with Crippen molar-refractivity contribution in [3.05, 3.63) is 63.6 Å². The third-order valence-corrected chi connectivity index (χ3v) is 4.35. The lowest BCUT2D eigenvalue weighted by Gasteiger charge is -2.11. The first-order valence-electron chi connectivity index (χ1n) is 8.18. The molecule has 0 unspecified atom stereocenters. The highest BCUT2D eigenvalue weighted by Gasteiger charge is 2.08. The first-order valence-corrected chi connectivity index (χ1v) is 9.75. The lowest BCUT2D eigenvalue weighted by atomic mass is 10.2. The van der Waals surface area contributed by atoms with Crippen LogP contribution in [0.25, 0.3) is 6.08 Å². The monoisotopic (exact) mass is 497 g/mol. The second-order valence-corrected chi connectivity index (χ2v) is 7.16. The standard InChI is InChI=1S/C19H17BrClN3O4S/c1-27-15-5-3-2-4-12(15)6-9-17(25)22-19(29)24-23-18(26)11-28-16-8-7-13(20)10-14(16)21/h2-10H,11H2,1H3,(H,23,26)(H2,22,24,25,29)/b9-6+. The van der Waals surface area contributed by atoms with E-state index in [-0.39, 0.29) is 11.7 Å². The molecule has 0 aliphatic carbocycles. The zero-order valence-corrected chi connectivity index (χ0v) is 18.4. The number of methoxy groups -OCH3 is 1. The molecule has 152 valence electrons. The molecule has 0 heterocycles. The Balaban J connectivity index is 1.75. The largest absolute Gasteiger partial charge is 0.496 e. The summed E-state index contributed by atoms with van der Waals surface area (Å²) in [6.45, 7) is -0.293. The van der Waals surface area contributed by atoms with Gasteiger partial charge in [0.15, 0.2) is 11.7 Å². The molecule has 3 N–H and O–H groups in total. The number of halogens is 2. The number of ether oxygens (including phenoxy) is 2. The lowest BCUT2D eigenvalue weighted by molar-refractivity contribution is -0.123. The van der Waals surface area contributed by atoms with Gasteiger partial charge in [-0.2, -0.15) is 0 Å². The van der Waals surface area contributed by atoms with Crippen LogP contribution in [0, 0.1) is 0 Å². The molecule has 0 saturated carbocycles. The Morgan fingerprint density at radius 1 is 1.17 bits per heavy atom. The van der Waals surface area contributed by atoms with E-state index in [0.717, 1.165) is 10.0 Å². The number of carbonyl (C=O) groups excluding carboxylic acids is 2. The molecule has 2 aromatic rings. The normalized spacial score (nSPS) is 10.3. The fraction of sp³-hybridized carbons (Fsp3) is 0.105. The number of nitrogens with one attached hydrogen (secondary N) is 3. The summed E-state index contributed by atoms with van der Waals surface area (Å²) in [6.07, 6.45) is 2.89. The quantitative estimate of drug-likeness (QED) is 0.322. The molecule has 0 aromatic heterocycles. The number of hydrogen-bond donors (Lipinski definition) is 3. The third kappa shape index (κ3) is 7.72. The number of amides is 2. The van der Waals surface area contributed by atoms with Gasteiger partial charge in [-0.05, 0) is 42.6 Å². The van der Waals surface area contributed by atoms with Crippen LogP contribution in [0.15, 0.2) is 53.0 Å². The zero-order chi connectivity index (χ0) is 21.2. The van der Waals surface area contributed by atoms with E-state index in [0.29, 0.717) is 16.5 Å². The highest BCUT2D eigenvalue weighted by atomic mass is 79.9. The van der Waals surface area contributed by atoms with Crippen LogP contribution in [-0.2, 0) is 9.59 Å². The molecule has 0 saturated heterocycles. The maximum atomic E-state index is 11.9. The molecule has 2 rings (SSSR count). The molecule has 0 radical (unpaired) electrons. The smallest absolute Gasteiger partial charge is 0.276 e. The number of para-hydroxylation sites is 1. The van der Waals surface area contributed by atoms with E-state index in [4.69, 9.17) is 33.3 Å². The number of rotatable bonds is 6. The first-order chi connectivity index (χ1) is 13.9. The summed E-state index contributed by atoms with van der Waals surface area (Å²) in [6, 6.07) is 12.3. The number of thiocarbonyl (C=S) groups is 1. The van der Waals surface area contributed by atoms with Crippen molar-refractivity contribution in [1.29, 1.82) is 0 Å². The minimum Gasteiger partial charge on any atom is -0.496 e. The van der Waals surface area contributed by atoms with E-state index in [2.05, 4.69) is 32.1 Å². The van der Waals surface area contributed by atoms with Crippen LogP contribution in [0.4, 0.5) is 0 Å². The van der Waals surface area contributed by atoms with Crippen molar-refractivity contribution in [2.45, 2.75) is 0 Å². The van der Waals surface area contributed by atoms with Crippen LogP contribution in [-0.4, -0.2) is 30.6 Å². The highest BCUT2D eigenvalue weighted by molar-refractivity contribution is 9.10. The van der Waals surface area contributed by atoms with Gasteiger partial charge in [0.1, 0.15) is 11.5 Å². The van der Waals surface area contributed by atoms with Gasteiger partial charge in [0.2, 0.25) is 5.91 Å². The van der Waals surface area contributed by atoms with Gasteiger partial charge in [-0.25, -0.2) is 0 Å². The van der Waals surface area contributed by atoms with E-state index in [1.165, 1.54) is 6.08 Å². The summed E-state index contributed by atoms with van der Waals surface area (Å²) in [7, 11) is 1.54. The predicted octanol–water partition coefficient (Wildman–Crippen LogP) is 3.23. The highest BCUT2D eigenvalue weighted by Crippen LogP contribution is 2.27. The van der Waals surface area contributed by atoms with Gasteiger partial charge in [0.25, 0.3) is 5.91 Å². The zero-order valence-electron chi connectivity index (χ0n) is 15.2. The van der Waals surface area contributed by atoms with Gasteiger partial charge in [0.05, 0.1) is 12.1 Å². The van der Waals surface area contributed by atoms with E-state index < -0.39 is 11.8 Å². The summed E-state index contributed by atoms with van der Waals surface area (Å²) in [5.41, 5.74) is 5.47. The molecule has 0 aliphatic heterocycles. The van der Waals surface area contributed by atoms with Gasteiger partial charge in [-0.1, -0.05) is 45.7 Å². The van der Waals surface area contributed by atoms with Crippen LogP contribution >= 0.6 is 39.7 Å². The maximum Gasteiger partial charge on any atom is 0.276 e. The fourth-order valence-electron chi connectivity index (χ4n) is 2.05. The van der Waals surface area contributed by atoms with Crippen molar-refractivity contribution < 1.29 is 19.1 Å². The Morgan fingerprint density at radius 3 is 2.66 bits per heavy atom. The summed E-state index contributed by atoms with van der Waals surface area (Å²) < 4.78 is 11.3. The number of benzene rings is 2. The van der Waals surface area contributed by atoms with Crippen LogP contribution < -0.4 is 25.6 Å². The Bertz CT molecular complexity index is 939. The van der Waals surface area contributed by atoms with E-state index in [1.54, 1.807) is 43.5 Å². The molecule has 0 spiro atoms. The fourth-order valence-corrected chi connectivity index (χ4v) is 2.93. The van der Waals surface area contributed by atoms with Crippen molar-refractivity contribution in [1.82, 2.24) is 16.2 Å². The second-order valence-electron chi connectivity index (χ2n) is 5.43. The molecule has 0 fully saturated rings. The molecular weight excluding hydrogens is 482 g/mol. The summed E-state index contributed by atoms with van der Waals surface area (Å²) in [4.78, 5) is 23.7. The minimum absolute atomic E-state index is 0.0744. The van der Waals surface area contributed by atoms with Crippen molar-refractivity contribution in [3.63, 3.8) is 0 Å². The Hall–Kier alpha value is -2.62. The van der Waals surface area contributed by atoms with Crippen LogP contribution in [0.2, 0.25) is 5.02 Å². The average molecular weight is 499 g/mol. The van der Waals surface area contributed by atoms with Crippen molar-refractivity contribution in [3.8, 4) is 11.5 Å². The average Bonchev–Trinajstić information content (AvgIpc) is 2.70. The Morgan fingerprint density at radius 2 is 1.93 bits per heavy atom. The predicted molar refractivity (Wildman–Crippen MR) is 119 cm³/mol. The van der Waals surface area contributed by atoms with Crippen molar-refractivity contribution in [2.24, 2.45) is 0 Å². The topological polar surface area (TPSA) is 88.7 Å². The van der Waals surface area contributed by atoms with Crippen LogP contribution in [0.3, 0.4) is 0 Å². The van der Waals surface area contributed by atoms with E-state index in [1.807, 2.05) is 12.1 Å². The van der Waals surface area contributed by atoms with E-state index in [9.17, 15) is 9.59 Å². The SMILES string of the molecule is COc1ccccc1/C=C/C(=O)NC(=S)NNC(=O)COc1ccc(Br)cc1Cl. The van der Waals surface area contributed by atoms with Gasteiger partial charge in [-0.15, -0.1) is 0 Å².